The van der Waals surface area contributed by atoms with Gasteiger partial charge in [-0.1, -0.05) is 12.1 Å². The lowest BCUT2D eigenvalue weighted by atomic mass is 10.2. The molecule has 6 heteroatoms. The highest BCUT2D eigenvalue weighted by Gasteiger charge is 2.05. The van der Waals surface area contributed by atoms with E-state index in [1.165, 1.54) is 0 Å². The lowest BCUT2D eigenvalue weighted by Crippen LogP contribution is -2.00. The smallest absolute Gasteiger partial charge is 0.168 e. The van der Waals surface area contributed by atoms with E-state index in [0.717, 1.165) is 28.0 Å². The SMILES string of the molecule is COc1ccc(C=NNc2nc3ccccc3nc2C)c(OC)c1. The van der Waals surface area contributed by atoms with Crippen LogP contribution in [0.4, 0.5) is 5.82 Å². The minimum atomic E-state index is 0.623. The van der Waals surface area contributed by atoms with Gasteiger partial charge in [0.1, 0.15) is 11.5 Å². The number of para-hydroxylation sites is 2. The monoisotopic (exact) mass is 322 g/mol. The van der Waals surface area contributed by atoms with E-state index in [1.54, 1.807) is 20.4 Å². The summed E-state index contributed by atoms with van der Waals surface area (Å²) in [6.07, 6.45) is 1.68. The van der Waals surface area contributed by atoms with Gasteiger partial charge in [0.25, 0.3) is 0 Å². The molecule has 0 unspecified atom stereocenters. The van der Waals surface area contributed by atoms with E-state index >= 15 is 0 Å². The summed E-state index contributed by atoms with van der Waals surface area (Å²) in [6.45, 7) is 1.89. The fraction of sp³-hybridized carbons (Fsp3) is 0.167. The highest BCUT2D eigenvalue weighted by molar-refractivity contribution is 5.84. The summed E-state index contributed by atoms with van der Waals surface area (Å²) in [4.78, 5) is 9.05. The van der Waals surface area contributed by atoms with Crippen molar-refractivity contribution in [2.24, 2.45) is 5.10 Å². The first-order valence-electron chi connectivity index (χ1n) is 7.46. The van der Waals surface area contributed by atoms with Crippen LogP contribution < -0.4 is 14.9 Å². The molecule has 0 radical (unpaired) electrons. The fourth-order valence-electron chi connectivity index (χ4n) is 2.28. The third-order valence-corrected chi connectivity index (χ3v) is 3.56. The number of rotatable bonds is 5. The maximum Gasteiger partial charge on any atom is 0.168 e. The standard InChI is InChI=1S/C18H18N4O2/c1-12-18(21-16-7-5-4-6-15(16)20-12)22-19-11-13-8-9-14(23-2)10-17(13)24-3/h4-11H,1-3H3,(H,21,22). The van der Waals surface area contributed by atoms with Crippen LogP contribution >= 0.6 is 0 Å². The second kappa shape index (κ2) is 6.95. The number of hydrogen-bond donors (Lipinski definition) is 1. The zero-order valence-corrected chi connectivity index (χ0v) is 13.8. The Kier molecular flexibility index (Phi) is 4.56. The van der Waals surface area contributed by atoms with Crippen molar-refractivity contribution < 1.29 is 9.47 Å². The minimum Gasteiger partial charge on any atom is -0.497 e. The molecule has 6 nitrogen and oxygen atoms in total. The van der Waals surface area contributed by atoms with E-state index in [1.807, 2.05) is 49.4 Å². The summed E-state index contributed by atoms with van der Waals surface area (Å²) in [5, 5.41) is 4.25. The molecule has 0 saturated carbocycles. The van der Waals surface area contributed by atoms with Crippen LogP contribution in [0.2, 0.25) is 0 Å². The largest absolute Gasteiger partial charge is 0.497 e. The fourth-order valence-corrected chi connectivity index (χ4v) is 2.28. The summed E-state index contributed by atoms with van der Waals surface area (Å²) in [6, 6.07) is 13.3. The van der Waals surface area contributed by atoms with Gasteiger partial charge in [0.05, 0.1) is 37.2 Å². The highest BCUT2D eigenvalue weighted by atomic mass is 16.5. The van der Waals surface area contributed by atoms with Crippen molar-refractivity contribution in [3.63, 3.8) is 0 Å². The molecule has 0 saturated heterocycles. The van der Waals surface area contributed by atoms with Crippen LogP contribution in [-0.4, -0.2) is 30.4 Å². The number of hydrogen-bond acceptors (Lipinski definition) is 6. The van der Waals surface area contributed by atoms with Crippen molar-refractivity contribution in [2.45, 2.75) is 6.92 Å². The van der Waals surface area contributed by atoms with E-state index in [-0.39, 0.29) is 0 Å². The van der Waals surface area contributed by atoms with Gasteiger partial charge < -0.3 is 9.47 Å². The maximum atomic E-state index is 5.34. The summed E-state index contributed by atoms with van der Waals surface area (Å²) < 4.78 is 10.5. The third-order valence-electron chi connectivity index (χ3n) is 3.56. The average Bonchev–Trinajstić information content (AvgIpc) is 2.62. The van der Waals surface area contributed by atoms with Crippen LogP contribution in [0.5, 0.6) is 11.5 Å². The van der Waals surface area contributed by atoms with Crippen molar-refractivity contribution in [3.05, 3.63) is 53.7 Å². The molecule has 24 heavy (non-hydrogen) atoms. The van der Waals surface area contributed by atoms with Gasteiger partial charge in [0, 0.05) is 11.6 Å². The van der Waals surface area contributed by atoms with Gasteiger partial charge in [-0.2, -0.15) is 5.10 Å². The van der Waals surface area contributed by atoms with Crippen LogP contribution in [0.15, 0.2) is 47.6 Å². The molecule has 0 bridgehead atoms. The Hall–Kier alpha value is -3.15. The summed E-state index contributed by atoms with van der Waals surface area (Å²) in [5.41, 5.74) is 6.24. The van der Waals surface area contributed by atoms with Crippen molar-refractivity contribution in [3.8, 4) is 11.5 Å². The van der Waals surface area contributed by atoms with Crippen LogP contribution in [0.25, 0.3) is 11.0 Å². The van der Waals surface area contributed by atoms with Crippen LogP contribution in [-0.2, 0) is 0 Å². The van der Waals surface area contributed by atoms with Gasteiger partial charge in [-0.3, -0.25) is 5.43 Å². The number of hydrazone groups is 1. The van der Waals surface area contributed by atoms with Crippen molar-refractivity contribution >= 4 is 23.1 Å². The zero-order chi connectivity index (χ0) is 16.9. The lowest BCUT2D eigenvalue weighted by molar-refractivity contribution is 0.394. The third kappa shape index (κ3) is 3.27. The van der Waals surface area contributed by atoms with Gasteiger partial charge in [-0.15, -0.1) is 0 Å². The molecule has 0 spiro atoms. The Morgan fingerprint density at radius 1 is 1.00 bits per heavy atom. The number of nitrogens with zero attached hydrogens (tertiary/aromatic N) is 3. The molecule has 1 heterocycles. The number of anilines is 1. The Bertz CT molecular complexity index is 893. The first-order valence-corrected chi connectivity index (χ1v) is 7.46. The van der Waals surface area contributed by atoms with Crippen molar-refractivity contribution in [1.82, 2.24) is 9.97 Å². The molecule has 0 amide bonds. The molecule has 122 valence electrons. The average molecular weight is 322 g/mol. The molecular weight excluding hydrogens is 304 g/mol. The second-order valence-electron chi connectivity index (χ2n) is 5.12. The molecule has 0 atom stereocenters. The van der Waals surface area contributed by atoms with E-state index in [9.17, 15) is 0 Å². The van der Waals surface area contributed by atoms with Gasteiger partial charge in [0.15, 0.2) is 5.82 Å². The van der Waals surface area contributed by atoms with E-state index < -0.39 is 0 Å². The van der Waals surface area contributed by atoms with Gasteiger partial charge in [0.2, 0.25) is 0 Å². The Morgan fingerprint density at radius 2 is 1.75 bits per heavy atom. The first kappa shape index (κ1) is 15.7. The van der Waals surface area contributed by atoms with Crippen LogP contribution in [0.3, 0.4) is 0 Å². The molecule has 0 aliphatic rings. The van der Waals surface area contributed by atoms with E-state index in [4.69, 9.17) is 9.47 Å². The molecule has 2 aromatic carbocycles. The maximum absolute atomic E-state index is 5.34. The Labute approximate surface area is 140 Å². The summed E-state index contributed by atoms with van der Waals surface area (Å²) in [5.74, 6) is 2.03. The molecule has 0 aliphatic carbocycles. The molecule has 1 aromatic heterocycles. The van der Waals surface area contributed by atoms with Gasteiger partial charge in [-0.05, 0) is 31.2 Å². The number of aromatic nitrogens is 2. The predicted octanol–water partition coefficient (Wildman–Crippen LogP) is 3.40. The zero-order valence-electron chi connectivity index (χ0n) is 13.8. The van der Waals surface area contributed by atoms with E-state index in [0.29, 0.717) is 11.6 Å². The van der Waals surface area contributed by atoms with Crippen LogP contribution in [0, 0.1) is 6.92 Å². The predicted molar refractivity (Wildman–Crippen MR) is 95.0 cm³/mol. The first-order chi connectivity index (χ1) is 11.7. The number of benzene rings is 2. The lowest BCUT2D eigenvalue weighted by Gasteiger charge is -2.08. The number of fused-ring (bicyclic) bond motifs is 1. The Morgan fingerprint density at radius 3 is 2.46 bits per heavy atom. The normalized spacial score (nSPS) is 11.0. The molecule has 0 fully saturated rings. The quantitative estimate of drug-likeness (QED) is 0.576. The molecule has 0 aliphatic heterocycles. The topological polar surface area (TPSA) is 68.6 Å². The van der Waals surface area contributed by atoms with Gasteiger partial charge >= 0.3 is 0 Å². The van der Waals surface area contributed by atoms with E-state index in [2.05, 4.69) is 20.5 Å². The summed E-state index contributed by atoms with van der Waals surface area (Å²) in [7, 11) is 3.23. The molecule has 3 rings (SSSR count). The number of methoxy groups -OCH3 is 2. The highest BCUT2D eigenvalue weighted by Crippen LogP contribution is 2.23. The minimum absolute atomic E-state index is 0.623. The van der Waals surface area contributed by atoms with Crippen molar-refractivity contribution in [1.29, 1.82) is 0 Å². The molecule has 3 aromatic rings. The van der Waals surface area contributed by atoms with Crippen LogP contribution in [0.1, 0.15) is 11.3 Å². The number of nitrogens with one attached hydrogen (secondary N) is 1. The summed E-state index contributed by atoms with van der Waals surface area (Å²) >= 11 is 0. The molecular formula is C18H18N4O2. The van der Waals surface area contributed by atoms with Gasteiger partial charge in [-0.25, -0.2) is 9.97 Å². The Balaban J connectivity index is 1.83. The molecule has 1 N–H and O–H groups in total. The number of aryl methyl sites for hydroxylation is 1. The van der Waals surface area contributed by atoms with Crippen molar-refractivity contribution in [2.75, 3.05) is 19.6 Å². The number of ether oxygens (including phenoxy) is 2. The second-order valence-corrected chi connectivity index (χ2v) is 5.12.